The van der Waals surface area contributed by atoms with Crippen molar-refractivity contribution < 1.29 is 18.7 Å². The maximum Gasteiger partial charge on any atom is 0.325 e. The number of rotatable bonds is 10. The Bertz CT molecular complexity index is 505. The average molecular weight is 323 g/mol. The van der Waals surface area contributed by atoms with Gasteiger partial charge in [-0.1, -0.05) is 51.2 Å². The predicted molar refractivity (Wildman–Crippen MR) is 87.7 cm³/mol. The molecule has 0 aliphatic rings. The standard InChI is InChI=1S/C18H26FNO3/c1-3-4-5-6-7-10-13-23-17(21)14-20(2)18(22)15-11-8-9-12-16(15)19/h8-9,11-12H,3-7,10,13-14H2,1-2H3. The summed E-state index contributed by atoms with van der Waals surface area (Å²) < 4.78 is 18.7. The van der Waals surface area contributed by atoms with Crippen LogP contribution in [0.3, 0.4) is 0 Å². The van der Waals surface area contributed by atoms with Gasteiger partial charge in [0.2, 0.25) is 0 Å². The monoisotopic (exact) mass is 323 g/mol. The minimum absolute atomic E-state index is 0.0428. The zero-order valence-electron chi connectivity index (χ0n) is 14.0. The molecule has 4 nitrogen and oxygen atoms in total. The summed E-state index contributed by atoms with van der Waals surface area (Å²) in [5.41, 5.74) is -0.0428. The highest BCUT2D eigenvalue weighted by Gasteiger charge is 2.18. The third-order valence-electron chi connectivity index (χ3n) is 3.58. The molecule has 0 unspecified atom stereocenters. The molecule has 0 saturated carbocycles. The molecule has 5 heteroatoms. The van der Waals surface area contributed by atoms with Crippen LogP contribution in [0.1, 0.15) is 55.8 Å². The molecule has 0 N–H and O–H groups in total. The highest BCUT2D eigenvalue weighted by atomic mass is 19.1. The van der Waals surface area contributed by atoms with E-state index in [-0.39, 0.29) is 12.1 Å². The number of amides is 1. The van der Waals surface area contributed by atoms with Crippen LogP contribution in [0, 0.1) is 5.82 Å². The number of halogens is 1. The van der Waals surface area contributed by atoms with E-state index in [4.69, 9.17) is 4.74 Å². The van der Waals surface area contributed by atoms with Gasteiger partial charge in [-0.2, -0.15) is 0 Å². The van der Waals surface area contributed by atoms with E-state index < -0.39 is 17.7 Å². The van der Waals surface area contributed by atoms with E-state index in [1.165, 1.54) is 49.4 Å². The average Bonchev–Trinajstić information content (AvgIpc) is 2.53. The second kappa shape index (κ2) is 10.8. The molecule has 1 aromatic carbocycles. The zero-order valence-corrected chi connectivity index (χ0v) is 14.0. The van der Waals surface area contributed by atoms with Crippen molar-refractivity contribution in [3.8, 4) is 0 Å². The lowest BCUT2D eigenvalue weighted by molar-refractivity contribution is -0.144. The Hall–Kier alpha value is -1.91. The number of hydrogen-bond donors (Lipinski definition) is 0. The van der Waals surface area contributed by atoms with Crippen LogP contribution in [0.4, 0.5) is 4.39 Å². The molecule has 0 aliphatic heterocycles. The van der Waals surface area contributed by atoms with E-state index >= 15 is 0 Å². The summed E-state index contributed by atoms with van der Waals surface area (Å²) in [5.74, 6) is -1.59. The normalized spacial score (nSPS) is 10.4. The van der Waals surface area contributed by atoms with Gasteiger partial charge in [0.1, 0.15) is 12.4 Å². The molecular weight excluding hydrogens is 297 g/mol. The first-order valence-corrected chi connectivity index (χ1v) is 8.22. The SMILES string of the molecule is CCCCCCCCOC(=O)CN(C)C(=O)c1ccccc1F. The topological polar surface area (TPSA) is 46.6 Å². The predicted octanol–water partition coefficient (Wildman–Crippen LogP) is 3.80. The Kier molecular flexibility index (Phi) is 8.95. The first-order chi connectivity index (χ1) is 11.1. The van der Waals surface area contributed by atoms with Crippen LogP contribution < -0.4 is 0 Å². The van der Waals surface area contributed by atoms with E-state index in [1.807, 2.05) is 0 Å². The van der Waals surface area contributed by atoms with Crippen molar-refractivity contribution in [3.05, 3.63) is 35.6 Å². The number of likely N-dealkylation sites (N-methyl/N-ethyl adjacent to an activating group) is 1. The van der Waals surface area contributed by atoms with Gasteiger partial charge in [-0.05, 0) is 18.6 Å². The lowest BCUT2D eigenvalue weighted by Crippen LogP contribution is -2.33. The van der Waals surface area contributed by atoms with Gasteiger partial charge in [-0.3, -0.25) is 9.59 Å². The van der Waals surface area contributed by atoms with E-state index in [2.05, 4.69) is 6.92 Å². The molecule has 23 heavy (non-hydrogen) atoms. The van der Waals surface area contributed by atoms with Crippen molar-refractivity contribution in [3.63, 3.8) is 0 Å². The van der Waals surface area contributed by atoms with Gasteiger partial charge in [-0.25, -0.2) is 4.39 Å². The summed E-state index contributed by atoms with van der Waals surface area (Å²) in [6.45, 7) is 2.36. The number of carbonyl (C=O) groups excluding carboxylic acids is 2. The molecule has 0 spiro atoms. The number of nitrogens with zero attached hydrogens (tertiary/aromatic N) is 1. The third kappa shape index (κ3) is 7.26. The molecule has 1 rings (SSSR count). The van der Waals surface area contributed by atoms with Crippen molar-refractivity contribution in [2.24, 2.45) is 0 Å². The Morgan fingerprint density at radius 1 is 1.09 bits per heavy atom. The summed E-state index contributed by atoms with van der Waals surface area (Å²) in [6, 6.07) is 5.72. The number of esters is 1. The number of carbonyl (C=O) groups is 2. The molecule has 0 fully saturated rings. The van der Waals surface area contributed by atoms with Crippen LogP contribution >= 0.6 is 0 Å². The van der Waals surface area contributed by atoms with E-state index in [0.29, 0.717) is 6.61 Å². The Morgan fingerprint density at radius 2 is 1.74 bits per heavy atom. The van der Waals surface area contributed by atoms with Crippen molar-refractivity contribution in [1.29, 1.82) is 0 Å². The number of benzene rings is 1. The third-order valence-corrected chi connectivity index (χ3v) is 3.58. The van der Waals surface area contributed by atoms with Crippen molar-refractivity contribution in [1.82, 2.24) is 4.90 Å². The zero-order chi connectivity index (χ0) is 17.1. The summed E-state index contributed by atoms with van der Waals surface area (Å²) >= 11 is 0. The minimum Gasteiger partial charge on any atom is -0.464 e. The van der Waals surface area contributed by atoms with Gasteiger partial charge in [0.05, 0.1) is 12.2 Å². The van der Waals surface area contributed by atoms with Crippen LogP contribution in [0.5, 0.6) is 0 Å². The number of unbranched alkanes of at least 4 members (excludes halogenated alkanes) is 5. The van der Waals surface area contributed by atoms with Crippen LogP contribution in [-0.4, -0.2) is 37.0 Å². The fraction of sp³-hybridized carbons (Fsp3) is 0.556. The molecule has 0 heterocycles. The largest absolute Gasteiger partial charge is 0.464 e. The molecule has 0 aromatic heterocycles. The molecule has 0 atom stereocenters. The van der Waals surface area contributed by atoms with Crippen LogP contribution in [-0.2, 0) is 9.53 Å². The van der Waals surface area contributed by atoms with Crippen LogP contribution in [0.25, 0.3) is 0 Å². The van der Waals surface area contributed by atoms with Gasteiger partial charge in [0.25, 0.3) is 5.91 Å². The van der Waals surface area contributed by atoms with Gasteiger partial charge < -0.3 is 9.64 Å². The van der Waals surface area contributed by atoms with E-state index in [0.717, 1.165) is 19.3 Å². The summed E-state index contributed by atoms with van der Waals surface area (Å²) in [6.07, 6.45) is 6.68. The van der Waals surface area contributed by atoms with Gasteiger partial charge in [0.15, 0.2) is 0 Å². The molecule has 0 aliphatic carbocycles. The maximum atomic E-state index is 13.6. The van der Waals surface area contributed by atoms with E-state index in [1.54, 1.807) is 6.07 Å². The second-order valence-corrected chi connectivity index (χ2v) is 5.63. The first kappa shape index (κ1) is 19.1. The molecule has 0 saturated heterocycles. The molecule has 1 aromatic rings. The fourth-order valence-electron chi connectivity index (χ4n) is 2.22. The Morgan fingerprint density at radius 3 is 2.43 bits per heavy atom. The molecule has 128 valence electrons. The highest BCUT2D eigenvalue weighted by Crippen LogP contribution is 2.09. The first-order valence-electron chi connectivity index (χ1n) is 8.22. The highest BCUT2D eigenvalue weighted by molar-refractivity contribution is 5.96. The van der Waals surface area contributed by atoms with Crippen molar-refractivity contribution in [2.75, 3.05) is 20.2 Å². The molecule has 0 radical (unpaired) electrons. The smallest absolute Gasteiger partial charge is 0.325 e. The van der Waals surface area contributed by atoms with Crippen LogP contribution in [0.2, 0.25) is 0 Å². The Labute approximate surface area is 137 Å². The van der Waals surface area contributed by atoms with Gasteiger partial charge >= 0.3 is 5.97 Å². The van der Waals surface area contributed by atoms with Gasteiger partial charge in [0, 0.05) is 7.05 Å². The summed E-state index contributed by atoms with van der Waals surface area (Å²) in [4.78, 5) is 24.9. The van der Waals surface area contributed by atoms with Crippen molar-refractivity contribution >= 4 is 11.9 Å². The number of ether oxygens (including phenoxy) is 1. The summed E-state index contributed by atoms with van der Waals surface area (Å²) in [5, 5.41) is 0. The molecular formula is C18H26FNO3. The number of hydrogen-bond acceptors (Lipinski definition) is 3. The van der Waals surface area contributed by atoms with E-state index in [9.17, 15) is 14.0 Å². The maximum absolute atomic E-state index is 13.6. The second-order valence-electron chi connectivity index (χ2n) is 5.63. The molecule has 0 bridgehead atoms. The lowest BCUT2D eigenvalue weighted by Gasteiger charge is -2.16. The minimum atomic E-state index is -0.593. The lowest BCUT2D eigenvalue weighted by atomic mass is 10.1. The van der Waals surface area contributed by atoms with Gasteiger partial charge in [-0.15, -0.1) is 0 Å². The van der Waals surface area contributed by atoms with Crippen molar-refractivity contribution in [2.45, 2.75) is 45.4 Å². The van der Waals surface area contributed by atoms with Crippen LogP contribution in [0.15, 0.2) is 24.3 Å². The Balaban J connectivity index is 2.26. The quantitative estimate of drug-likeness (QED) is 0.486. The molecule has 1 amide bonds. The summed E-state index contributed by atoms with van der Waals surface area (Å²) in [7, 11) is 1.46. The fourth-order valence-corrected chi connectivity index (χ4v) is 2.22.